The summed E-state index contributed by atoms with van der Waals surface area (Å²) in [5.41, 5.74) is 0.177. The molecule has 17 heavy (non-hydrogen) atoms. The molecule has 0 saturated heterocycles. The number of aliphatic imine (C=N–C) groups is 1. The molecule has 0 spiro atoms. The maximum absolute atomic E-state index is 13.5. The molecule has 1 aliphatic carbocycles. The van der Waals surface area contributed by atoms with Crippen molar-refractivity contribution in [2.24, 2.45) is 4.99 Å². The van der Waals surface area contributed by atoms with Crippen LogP contribution in [0.5, 0.6) is 0 Å². The smallest absolute Gasteiger partial charge is 0.190 e. The van der Waals surface area contributed by atoms with Crippen molar-refractivity contribution in [2.45, 2.75) is 18.4 Å². The maximum atomic E-state index is 13.5. The Kier molecular flexibility index (Phi) is 3.26. The molecule has 2 N–H and O–H groups in total. The average molecular weight is 239 g/mol. The zero-order valence-electron chi connectivity index (χ0n) is 9.80. The molecule has 0 amide bonds. The van der Waals surface area contributed by atoms with Gasteiger partial charge in [0.2, 0.25) is 0 Å². The molecule has 2 atom stereocenters. The standard InChI is InChI=1S/C12H15F2N3/c1-15-12(16-2)17-10-6-7(10)11-8(13)4-3-5-9(11)14/h3-5,7,10H,6H2,1-2H3,(H2,15,16,17)/t7-,10-/m1/s1. The van der Waals surface area contributed by atoms with Crippen LogP contribution >= 0.6 is 0 Å². The number of hydrogen-bond acceptors (Lipinski definition) is 1. The lowest BCUT2D eigenvalue weighted by atomic mass is 10.1. The molecule has 2 rings (SSSR count). The van der Waals surface area contributed by atoms with Crippen LogP contribution < -0.4 is 10.6 Å². The maximum Gasteiger partial charge on any atom is 0.190 e. The highest BCUT2D eigenvalue weighted by Crippen LogP contribution is 2.42. The van der Waals surface area contributed by atoms with Crippen molar-refractivity contribution in [3.05, 3.63) is 35.4 Å². The van der Waals surface area contributed by atoms with Gasteiger partial charge in [0.1, 0.15) is 11.6 Å². The molecule has 5 heteroatoms. The van der Waals surface area contributed by atoms with Gasteiger partial charge in [-0.3, -0.25) is 4.99 Å². The lowest BCUT2D eigenvalue weighted by Crippen LogP contribution is -2.36. The Bertz CT molecular complexity index is 425. The summed E-state index contributed by atoms with van der Waals surface area (Å²) < 4.78 is 27.0. The van der Waals surface area contributed by atoms with E-state index in [1.807, 2.05) is 0 Å². The second kappa shape index (κ2) is 4.69. The number of guanidine groups is 1. The van der Waals surface area contributed by atoms with E-state index in [0.29, 0.717) is 5.96 Å². The van der Waals surface area contributed by atoms with Gasteiger partial charge < -0.3 is 10.6 Å². The molecule has 1 saturated carbocycles. The molecular weight excluding hydrogens is 224 g/mol. The summed E-state index contributed by atoms with van der Waals surface area (Å²) in [5.74, 6) is -0.423. The highest BCUT2D eigenvalue weighted by Gasteiger charge is 2.42. The van der Waals surface area contributed by atoms with Crippen LogP contribution in [0.15, 0.2) is 23.2 Å². The van der Waals surface area contributed by atoms with Gasteiger partial charge in [-0.2, -0.15) is 0 Å². The van der Waals surface area contributed by atoms with Gasteiger partial charge in [-0.1, -0.05) is 6.07 Å². The Morgan fingerprint density at radius 3 is 2.53 bits per heavy atom. The van der Waals surface area contributed by atoms with Crippen molar-refractivity contribution in [3.63, 3.8) is 0 Å². The van der Waals surface area contributed by atoms with Gasteiger partial charge in [-0.15, -0.1) is 0 Å². The van der Waals surface area contributed by atoms with E-state index in [1.165, 1.54) is 18.2 Å². The quantitative estimate of drug-likeness (QED) is 0.607. The predicted molar refractivity (Wildman–Crippen MR) is 63.1 cm³/mol. The summed E-state index contributed by atoms with van der Waals surface area (Å²) in [6, 6.07) is 4.01. The predicted octanol–water partition coefficient (Wildman–Crippen LogP) is 1.62. The van der Waals surface area contributed by atoms with E-state index < -0.39 is 11.6 Å². The normalized spacial score (nSPS) is 23.4. The molecule has 0 unspecified atom stereocenters. The molecule has 92 valence electrons. The molecule has 3 nitrogen and oxygen atoms in total. The third-order valence-corrected chi connectivity index (χ3v) is 2.94. The average Bonchev–Trinajstić information content (AvgIpc) is 3.05. The van der Waals surface area contributed by atoms with Gasteiger partial charge in [0.15, 0.2) is 5.96 Å². The van der Waals surface area contributed by atoms with Crippen LogP contribution in [0.2, 0.25) is 0 Å². The van der Waals surface area contributed by atoms with Crippen molar-refractivity contribution < 1.29 is 8.78 Å². The lowest BCUT2D eigenvalue weighted by molar-refractivity contribution is 0.553. The molecule has 1 aromatic rings. The number of halogens is 2. The fourth-order valence-corrected chi connectivity index (χ4v) is 1.96. The monoisotopic (exact) mass is 239 g/mol. The van der Waals surface area contributed by atoms with Crippen molar-refractivity contribution in [2.75, 3.05) is 14.1 Å². The fourth-order valence-electron chi connectivity index (χ4n) is 1.96. The molecule has 0 radical (unpaired) electrons. The zero-order chi connectivity index (χ0) is 12.4. The van der Waals surface area contributed by atoms with Gasteiger partial charge >= 0.3 is 0 Å². The molecule has 0 bridgehead atoms. The first-order valence-electron chi connectivity index (χ1n) is 5.52. The van der Waals surface area contributed by atoms with Gasteiger partial charge in [0.25, 0.3) is 0 Å². The van der Waals surface area contributed by atoms with Crippen LogP contribution in [0.4, 0.5) is 8.78 Å². The SMILES string of the molecule is CN=C(NC)N[C@@H]1C[C@H]1c1c(F)cccc1F. The second-order valence-corrected chi connectivity index (χ2v) is 4.05. The fraction of sp³-hybridized carbons (Fsp3) is 0.417. The first-order valence-corrected chi connectivity index (χ1v) is 5.52. The minimum Gasteiger partial charge on any atom is -0.359 e. The van der Waals surface area contributed by atoms with E-state index in [9.17, 15) is 8.78 Å². The first-order chi connectivity index (χ1) is 8.17. The minimum atomic E-state index is -0.473. The second-order valence-electron chi connectivity index (χ2n) is 4.05. The Hall–Kier alpha value is -1.65. The lowest BCUT2D eigenvalue weighted by Gasteiger charge is -2.08. The van der Waals surface area contributed by atoms with E-state index in [-0.39, 0.29) is 17.5 Å². The summed E-state index contributed by atoms with van der Waals surface area (Å²) in [4.78, 5) is 3.97. The molecule has 0 aromatic heterocycles. The Balaban J connectivity index is 2.08. The molecule has 1 aromatic carbocycles. The Labute approximate surface area is 98.9 Å². The summed E-state index contributed by atoms with van der Waals surface area (Å²) >= 11 is 0. The molecule has 0 aliphatic heterocycles. The van der Waals surface area contributed by atoms with Crippen LogP contribution in [0, 0.1) is 11.6 Å². The van der Waals surface area contributed by atoms with E-state index in [0.717, 1.165) is 6.42 Å². The van der Waals surface area contributed by atoms with Gasteiger partial charge in [0, 0.05) is 31.6 Å². The third-order valence-electron chi connectivity index (χ3n) is 2.94. The van der Waals surface area contributed by atoms with Crippen LogP contribution in [-0.4, -0.2) is 26.1 Å². The van der Waals surface area contributed by atoms with Crippen LogP contribution in [-0.2, 0) is 0 Å². The number of hydrogen-bond donors (Lipinski definition) is 2. The number of nitrogens with zero attached hydrogens (tertiary/aromatic N) is 1. The van der Waals surface area contributed by atoms with Crippen LogP contribution in [0.25, 0.3) is 0 Å². The summed E-state index contributed by atoms with van der Waals surface area (Å²) in [7, 11) is 3.40. The van der Waals surface area contributed by atoms with Gasteiger partial charge in [0.05, 0.1) is 0 Å². The van der Waals surface area contributed by atoms with E-state index >= 15 is 0 Å². The number of benzene rings is 1. The molecule has 1 aliphatic rings. The van der Waals surface area contributed by atoms with Crippen molar-refractivity contribution in [1.82, 2.24) is 10.6 Å². The van der Waals surface area contributed by atoms with Crippen LogP contribution in [0.1, 0.15) is 17.9 Å². The highest BCUT2D eigenvalue weighted by molar-refractivity contribution is 5.80. The Morgan fingerprint density at radius 1 is 1.35 bits per heavy atom. The van der Waals surface area contributed by atoms with Crippen molar-refractivity contribution in [1.29, 1.82) is 0 Å². The largest absolute Gasteiger partial charge is 0.359 e. The van der Waals surface area contributed by atoms with Crippen LogP contribution in [0.3, 0.4) is 0 Å². The third kappa shape index (κ3) is 2.38. The Morgan fingerprint density at radius 2 is 2.00 bits per heavy atom. The summed E-state index contributed by atoms with van der Waals surface area (Å²) in [6.07, 6.45) is 0.721. The molecule has 0 heterocycles. The van der Waals surface area contributed by atoms with E-state index in [1.54, 1.807) is 14.1 Å². The molecule has 1 fully saturated rings. The first kappa shape index (κ1) is 11.8. The highest BCUT2D eigenvalue weighted by atomic mass is 19.1. The topological polar surface area (TPSA) is 36.4 Å². The minimum absolute atomic E-state index is 0.0487. The zero-order valence-corrected chi connectivity index (χ0v) is 9.80. The van der Waals surface area contributed by atoms with E-state index in [4.69, 9.17) is 0 Å². The van der Waals surface area contributed by atoms with Crippen molar-refractivity contribution >= 4 is 5.96 Å². The summed E-state index contributed by atoms with van der Waals surface area (Å²) in [6.45, 7) is 0. The van der Waals surface area contributed by atoms with Crippen molar-refractivity contribution in [3.8, 4) is 0 Å². The number of nitrogens with one attached hydrogen (secondary N) is 2. The number of rotatable bonds is 2. The van der Waals surface area contributed by atoms with Gasteiger partial charge in [-0.05, 0) is 18.6 Å². The van der Waals surface area contributed by atoms with Gasteiger partial charge in [-0.25, -0.2) is 8.78 Å². The molecular formula is C12H15F2N3. The van der Waals surface area contributed by atoms with E-state index in [2.05, 4.69) is 15.6 Å². The summed E-state index contributed by atoms with van der Waals surface area (Å²) in [5, 5.41) is 5.97.